The van der Waals surface area contributed by atoms with Gasteiger partial charge in [0.25, 0.3) is 0 Å². The Bertz CT molecular complexity index is 982. The van der Waals surface area contributed by atoms with E-state index >= 15 is 0 Å². The van der Waals surface area contributed by atoms with Gasteiger partial charge in [0.15, 0.2) is 5.65 Å². The van der Waals surface area contributed by atoms with Crippen molar-refractivity contribution >= 4 is 32.9 Å². The predicted octanol–water partition coefficient (Wildman–Crippen LogP) is 5.46. The molecule has 4 aromatic rings. The van der Waals surface area contributed by atoms with Gasteiger partial charge in [0.05, 0.1) is 11.1 Å². The summed E-state index contributed by atoms with van der Waals surface area (Å²) in [7, 11) is 0. The van der Waals surface area contributed by atoms with Crippen molar-refractivity contribution in [1.82, 2.24) is 14.6 Å². The summed E-state index contributed by atoms with van der Waals surface area (Å²) in [5, 5.41) is 9.62. The second kappa shape index (κ2) is 6.48. The molecule has 0 saturated heterocycles. The molecule has 1 atom stereocenters. The number of nitrogens with one attached hydrogen (secondary N) is 1. The first-order valence-electron chi connectivity index (χ1n) is 8.76. The molecule has 4 nitrogen and oxygen atoms in total. The van der Waals surface area contributed by atoms with Crippen molar-refractivity contribution in [2.75, 3.05) is 5.32 Å². The summed E-state index contributed by atoms with van der Waals surface area (Å²) in [6, 6.07) is 15.1. The molecule has 25 heavy (non-hydrogen) atoms. The molecule has 0 amide bonds. The maximum Gasteiger partial charge on any atom is 0.154 e. The average Bonchev–Trinajstić information content (AvgIpc) is 3.22. The lowest BCUT2D eigenvalue weighted by Gasteiger charge is -2.21. The summed E-state index contributed by atoms with van der Waals surface area (Å²) >= 11 is 1.78. The van der Waals surface area contributed by atoms with E-state index in [4.69, 9.17) is 5.10 Å². The molecule has 4 rings (SSSR count). The molecule has 3 heterocycles. The van der Waals surface area contributed by atoms with E-state index in [1.807, 2.05) is 22.8 Å². The van der Waals surface area contributed by atoms with Crippen molar-refractivity contribution in [3.8, 4) is 10.6 Å². The number of thiophene rings is 1. The maximum atomic E-state index is 4.80. The molecule has 0 radical (unpaired) electrons. The molecule has 1 aromatic carbocycles. The van der Waals surface area contributed by atoms with Crippen molar-refractivity contribution in [3.05, 3.63) is 48.7 Å². The fourth-order valence-electron chi connectivity index (χ4n) is 3.16. The van der Waals surface area contributed by atoms with E-state index in [1.165, 1.54) is 15.0 Å². The highest BCUT2D eigenvalue weighted by molar-refractivity contribution is 7.22. The first-order valence-corrected chi connectivity index (χ1v) is 9.57. The smallest absolute Gasteiger partial charge is 0.154 e. The molecule has 0 saturated carbocycles. The molecule has 0 aliphatic rings. The van der Waals surface area contributed by atoms with Gasteiger partial charge < -0.3 is 5.32 Å². The van der Waals surface area contributed by atoms with Crippen LogP contribution in [-0.4, -0.2) is 20.6 Å². The summed E-state index contributed by atoms with van der Waals surface area (Å²) in [6.07, 6.45) is 2.99. The lowest BCUT2D eigenvalue weighted by molar-refractivity contribution is 0.509. The Labute approximate surface area is 151 Å². The van der Waals surface area contributed by atoms with Gasteiger partial charge >= 0.3 is 0 Å². The Hall–Kier alpha value is -2.40. The molecule has 0 fully saturated rings. The van der Waals surface area contributed by atoms with Crippen LogP contribution in [-0.2, 0) is 0 Å². The third-order valence-corrected chi connectivity index (χ3v) is 5.76. The number of imidazole rings is 1. The molecule has 3 aromatic heterocycles. The number of fused-ring (bicyclic) bond motifs is 2. The molecule has 0 spiro atoms. The highest BCUT2D eigenvalue weighted by Crippen LogP contribution is 2.33. The van der Waals surface area contributed by atoms with E-state index in [0.29, 0.717) is 12.0 Å². The van der Waals surface area contributed by atoms with Crippen LogP contribution in [0.3, 0.4) is 0 Å². The summed E-state index contributed by atoms with van der Waals surface area (Å²) in [5.74, 6) is 1.46. The van der Waals surface area contributed by atoms with Gasteiger partial charge in [-0.25, -0.2) is 9.50 Å². The molecular weight excluding hydrogens is 328 g/mol. The Morgan fingerprint density at radius 2 is 2.00 bits per heavy atom. The van der Waals surface area contributed by atoms with E-state index in [2.05, 4.69) is 61.4 Å². The second-order valence-corrected chi connectivity index (χ2v) is 7.77. The fourth-order valence-corrected chi connectivity index (χ4v) is 4.21. The van der Waals surface area contributed by atoms with Gasteiger partial charge in [-0.15, -0.1) is 16.4 Å². The van der Waals surface area contributed by atoms with Gasteiger partial charge in [0, 0.05) is 10.7 Å². The van der Waals surface area contributed by atoms with Crippen LogP contribution in [0, 0.1) is 5.92 Å². The number of anilines is 1. The zero-order valence-electron chi connectivity index (χ0n) is 14.7. The van der Waals surface area contributed by atoms with Crippen LogP contribution in [0.5, 0.6) is 0 Å². The van der Waals surface area contributed by atoms with Crippen LogP contribution in [0.1, 0.15) is 27.2 Å². The third-order valence-electron chi connectivity index (χ3n) is 4.62. The van der Waals surface area contributed by atoms with Crippen molar-refractivity contribution < 1.29 is 0 Å². The average molecular weight is 350 g/mol. The van der Waals surface area contributed by atoms with Crippen molar-refractivity contribution in [1.29, 1.82) is 0 Å². The van der Waals surface area contributed by atoms with Gasteiger partial charge in [0.2, 0.25) is 0 Å². The van der Waals surface area contributed by atoms with E-state index < -0.39 is 0 Å². The molecule has 5 heteroatoms. The number of rotatable bonds is 5. The number of hydrogen-bond donors (Lipinski definition) is 1. The highest BCUT2D eigenvalue weighted by atomic mass is 32.1. The quantitative estimate of drug-likeness (QED) is 0.520. The van der Waals surface area contributed by atoms with Crippen LogP contribution < -0.4 is 5.32 Å². The van der Waals surface area contributed by atoms with Crippen molar-refractivity contribution in [2.24, 2.45) is 5.92 Å². The van der Waals surface area contributed by atoms with Crippen molar-refractivity contribution in [3.63, 3.8) is 0 Å². The normalized spacial score (nSPS) is 13.0. The van der Waals surface area contributed by atoms with Crippen LogP contribution in [0.2, 0.25) is 0 Å². The minimum atomic E-state index is 0.418. The minimum absolute atomic E-state index is 0.418. The van der Waals surface area contributed by atoms with Crippen molar-refractivity contribution in [2.45, 2.75) is 33.2 Å². The molecule has 128 valence electrons. The summed E-state index contributed by atoms with van der Waals surface area (Å²) in [4.78, 5) is 5.71. The minimum Gasteiger partial charge on any atom is -0.366 e. The standard InChI is InChI=1S/C20H22N4S/c1-4-15(13(2)3)22-19-9-10-20-21-12-16(24(20)23-19)18-11-14-7-5-6-8-17(14)25-18/h5-13,15H,4H2,1-3H3,(H,22,23)/t15-/m0/s1. The lowest BCUT2D eigenvalue weighted by Crippen LogP contribution is -2.25. The van der Waals surface area contributed by atoms with E-state index in [1.54, 1.807) is 11.3 Å². The van der Waals surface area contributed by atoms with E-state index in [-0.39, 0.29) is 0 Å². The van der Waals surface area contributed by atoms with E-state index in [9.17, 15) is 0 Å². The van der Waals surface area contributed by atoms with Crippen LogP contribution in [0.25, 0.3) is 26.3 Å². The summed E-state index contributed by atoms with van der Waals surface area (Å²) in [5.41, 5.74) is 1.91. The van der Waals surface area contributed by atoms with Gasteiger partial charge in [-0.3, -0.25) is 0 Å². The van der Waals surface area contributed by atoms with Gasteiger partial charge in [-0.05, 0) is 42.0 Å². The molecule has 0 aliphatic heterocycles. The topological polar surface area (TPSA) is 42.2 Å². The zero-order valence-corrected chi connectivity index (χ0v) is 15.5. The second-order valence-electron chi connectivity index (χ2n) is 6.68. The van der Waals surface area contributed by atoms with E-state index in [0.717, 1.165) is 23.6 Å². The Kier molecular flexibility index (Phi) is 4.17. The molecular formula is C20H22N4S. The summed E-state index contributed by atoms with van der Waals surface area (Å²) < 4.78 is 3.23. The monoisotopic (exact) mass is 350 g/mol. The lowest BCUT2D eigenvalue weighted by atomic mass is 10.0. The highest BCUT2D eigenvalue weighted by Gasteiger charge is 2.14. The fraction of sp³-hybridized carbons (Fsp3) is 0.300. The third kappa shape index (κ3) is 3.00. The molecule has 0 bridgehead atoms. The zero-order chi connectivity index (χ0) is 17.4. The summed E-state index contributed by atoms with van der Waals surface area (Å²) in [6.45, 7) is 6.68. The Balaban J connectivity index is 1.76. The number of nitrogens with zero attached hydrogens (tertiary/aromatic N) is 3. The predicted molar refractivity (Wildman–Crippen MR) is 106 cm³/mol. The number of aromatic nitrogens is 3. The van der Waals surface area contributed by atoms with Crippen LogP contribution in [0.15, 0.2) is 48.7 Å². The first-order chi connectivity index (χ1) is 12.2. The van der Waals surface area contributed by atoms with Gasteiger partial charge in [-0.1, -0.05) is 39.0 Å². The number of benzene rings is 1. The molecule has 0 unspecified atom stereocenters. The van der Waals surface area contributed by atoms with Crippen LogP contribution >= 0.6 is 11.3 Å². The maximum absolute atomic E-state index is 4.80. The van der Waals surface area contributed by atoms with Crippen LogP contribution in [0.4, 0.5) is 5.82 Å². The largest absolute Gasteiger partial charge is 0.366 e. The van der Waals surface area contributed by atoms with Gasteiger partial charge in [-0.2, -0.15) is 0 Å². The SMILES string of the molecule is CC[C@H](Nc1ccc2ncc(-c3cc4ccccc4s3)n2n1)C(C)C. The number of hydrogen-bond acceptors (Lipinski definition) is 4. The Morgan fingerprint density at radius 1 is 1.16 bits per heavy atom. The Morgan fingerprint density at radius 3 is 2.76 bits per heavy atom. The first kappa shape index (κ1) is 16.1. The molecule has 0 aliphatic carbocycles. The molecule has 1 N–H and O–H groups in total. The van der Waals surface area contributed by atoms with Gasteiger partial charge in [0.1, 0.15) is 11.5 Å².